The zero-order valence-electron chi connectivity index (χ0n) is 18.9. The molecule has 1 aliphatic heterocycles. The van der Waals surface area contributed by atoms with Gasteiger partial charge in [0.15, 0.2) is 0 Å². The van der Waals surface area contributed by atoms with Crippen molar-refractivity contribution in [2.45, 2.75) is 44.1 Å². The molecule has 2 aliphatic rings. The summed E-state index contributed by atoms with van der Waals surface area (Å²) in [7, 11) is 1.76. The summed E-state index contributed by atoms with van der Waals surface area (Å²) < 4.78 is 5.60. The van der Waals surface area contributed by atoms with E-state index in [0.29, 0.717) is 12.0 Å². The number of H-pyrrole nitrogens is 1. The van der Waals surface area contributed by atoms with Crippen LogP contribution in [-0.4, -0.2) is 49.2 Å². The van der Waals surface area contributed by atoms with Crippen LogP contribution in [0, 0.1) is 11.3 Å². The van der Waals surface area contributed by atoms with Crippen LogP contribution in [0.25, 0.3) is 10.9 Å². The van der Waals surface area contributed by atoms with E-state index in [1.165, 1.54) is 55.3 Å². The van der Waals surface area contributed by atoms with Gasteiger partial charge in [0, 0.05) is 49.3 Å². The minimum absolute atomic E-state index is 0.589. The lowest BCUT2D eigenvalue weighted by molar-refractivity contribution is 0.159. The standard InChI is InChI=1S/C27H32N4O/c1-32-27-6-3-2-5-26(27)31-14-4-13-30(15-16-31)22-10-8-21(9-11-22)24-19-29-25-12-7-20(18-28)17-23(24)25/h2-3,5-7,12,17,19,21-22,29H,4,8-11,13-16H2,1H3. The number of nitrogens with one attached hydrogen (secondary N) is 1. The molecule has 2 aromatic carbocycles. The van der Waals surface area contributed by atoms with Crippen molar-refractivity contribution < 1.29 is 4.74 Å². The van der Waals surface area contributed by atoms with Crippen molar-refractivity contribution in [3.63, 3.8) is 0 Å². The monoisotopic (exact) mass is 428 g/mol. The Labute approximate surface area is 190 Å². The van der Waals surface area contributed by atoms with Gasteiger partial charge in [-0.15, -0.1) is 0 Å². The second-order valence-corrected chi connectivity index (χ2v) is 9.17. The van der Waals surface area contributed by atoms with E-state index in [9.17, 15) is 5.26 Å². The summed E-state index contributed by atoms with van der Waals surface area (Å²) >= 11 is 0. The zero-order valence-corrected chi connectivity index (χ0v) is 18.9. The van der Waals surface area contributed by atoms with Gasteiger partial charge in [-0.2, -0.15) is 5.26 Å². The molecule has 1 saturated heterocycles. The van der Waals surface area contributed by atoms with Crippen LogP contribution in [0.5, 0.6) is 5.75 Å². The molecule has 1 aliphatic carbocycles. The molecule has 0 atom stereocenters. The van der Waals surface area contributed by atoms with Crippen LogP contribution in [0.4, 0.5) is 5.69 Å². The van der Waals surface area contributed by atoms with Gasteiger partial charge in [0.2, 0.25) is 0 Å². The molecular formula is C27H32N4O. The van der Waals surface area contributed by atoms with Gasteiger partial charge in [-0.05, 0) is 73.9 Å². The molecule has 2 heterocycles. The van der Waals surface area contributed by atoms with Crippen LogP contribution >= 0.6 is 0 Å². The summed E-state index contributed by atoms with van der Waals surface area (Å²) in [5.41, 5.74) is 4.51. The molecule has 0 amide bonds. The molecule has 1 N–H and O–H groups in total. The number of nitriles is 1. The summed E-state index contributed by atoms with van der Waals surface area (Å²) in [4.78, 5) is 8.63. The van der Waals surface area contributed by atoms with E-state index in [-0.39, 0.29) is 0 Å². The molecule has 0 radical (unpaired) electrons. The maximum absolute atomic E-state index is 9.28. The van der Waals surface area contributed by atoms with E-state index < -0.39 is 0 Å². The van der Waals surface area contributed by atoms with Crippen LogP contribution in [0.1, 0.15) is 49.1 Å². The highest BCUT2D eigenvalue weighted by molar-refractivity contribution is 5.85. The number of ether oxygens (including phenoxy) is 1. The predicted octanol–water partition coefficient (Wildman–Crippen LogP) is 5.29. The fourth-order valence-electron chi connectivity index (χ4n) is 5.74. The molecule has 32 heavy (non-hydrogen) atoms. The smallest absolute Gasteiger partial charge is 0.142 e. The van der Waals surface area contributed by atoms with Gasteiger partial charge in [0.05, 0.1) is 24.4 Å². The lowest BCUT2D eigenvalue weighted by Gasteiger charge is -2.36. The lowest BCUT2D eigenvalue weighted by Crippen LogP contribution is -2.40. The fourth-order valence-corrected chi connectivity index (χ4v) is 5.74. The van der Waals surface area contributed by atoms with Gasteiger partial charge in [0.25, 0.3) is 0 Å². The molecular weight excluding hydrogens is 396 g/mol. The number of nitrogens with zero attached hydrogens (tertiary/aromatic N) is 3. The number of anilines is 1. The van der Waals surface area contributed by atoms with E-state index in [4.69, 9.17) is 4.74 Å². The Balaban J connectivity index is 1.22. The molecule has 0 spiro atoms. The van der Waals surface area contributed by atoms with Crippen LogP contribution in [0.15, 0.2) is 48.7 Å². The summed E-state index contributed by atoms with van der Waals surface area (Å²) in [5.74, 6) is 1.56. The van der Waals surface area contributed by atoms with Crippen molar-refractivity contribution in [3.05, 3.63) is 59.8 Å². The van der Waals surface area contributed by atoms with Crippen LogP contribution in [-0.2, 0) is 0 Å². The third-order valence-corrected chi connectivity index (χ3v) is 7.45. The number of hydrogen-bond donors (Lipinski definition) is 1. The third kappa shape index (κ3) is 4.08. The van der Waals surface area contributed by atoms with Crippen LogP contribution in [0.3, 0.4) is 0 Å². The first kappa shape index (κ1) is 20.9. The number of methoxy groups -OCH3 is 1. The molecule has 0 unspecified atom stereocenters. The summed E-state index contributed by atoms with van der Waals surface area (Å²) in [6, 6.07) is 17.3. The van der Waals surface area contributed by atoms with Gasteiger partial charge in [-0.25, -0.2) is 0 Å². The van der Waals surface area contributed by atoms with Crippen molar-refractivity contribution in [2.75, 3.05) is 38.2 Å². The van der Waals surface area contributed by atoms with Gasteiger partial charge in [-0.1, -0.05) is 12.1 Å². The zero-order chi connectivity index (χ0) is 21.9. The van der Waals surface area contributed by atoms with Crippen molar-refractivity contribution in [1.29, 1.82) is 5.26 Å². The fraction of sp³-hybridized carbons (Fsp3) is 0.444. The Morgan fingerprint density at radius 1 is 1.00 bits per heavy atom. The largest absolute Gasteiger partial charge is 0.495 e. The molecule has 5 heteroatoms. The van der Waals surface area contributed by atoms with Crippen molar-refractivity contribution in [3.8, 4) is 11.8 Å². The van der Waals surface area contributed by atoms with E-state index >= 15 is 0 Å². The van der Waals surface area contributed by atoms with Crippen LogP contribution in [0.2, 0.25) is 0 Å². The van der Waals surface area contributed by atoms with Gasteiger partial charge >= 0.3 is 0 Å². The molecule has 2 fully saturated rings. The van der Waals surface area contributed by atoms with Crippen LogP contribution < -0.4 is 9.64 Å². The normalized spacial score (nSPS) is 22.4. The van der Waals surface area contributed by atoms with E-state index in [1.807, 2.05) is 18.2 Å². The highest BCUT2D eigenvalue weighted by atomic mass is 16.5. The maximum Gasteiger partial charge on any atom is 0.142 e. The van der Waals surface area contributed by atoms with E-state index in [0.717, 1.165) is 36.5 Å². The number of aromatic amines is 1. The van der Waals surface area contributed by atoms with Crippen molar-refractivity contribution in [2.24, 2.45) is 0 Å². The van der Waals surface area contributed by atoms with Crippen molar-refractivity contribution in [1.82, 2.24) is 9.88 Å². The first-order valence-corrected chi connectivity index (χ1v) is 11.9. The Hall–Kier alpha value is -2.97. The summed E-state index contributed by atoms with van der Waals surface area (Å²) in [6.45, 7) is 4.44. The topological polar surface area (TPSA) is 55.3 Å². The van der Waals surface area contributed by atoms with E-state index in [1.54, 1.807) is 7.11 Å². The molecule has 5 nitrogen and oxygen atoms in total. The highest BCUT2D eigenvalue weighted by Crippen LogP contribution is 2.38. The summed E-state index contributed by atoms with van der Waals surface area (Å²) in [5, 5.41) is 10.5. The number of fused-ring (bicyclic) bond motifs is 1. The predicted molar refractivity (Wildman–Crippen MR) is 129 cm³/mol. The number of hydrogen-bond acceptors (Lipinski definition) is 4. The Kier molecular flexibility index (Phi) is 6.05. The quantitative estimate of drug-likeness (QED) is 0.614. The molecule has 0 bridgehead atoms. The minimum atomic E-state index is 0.589. The second kappa shape index (κ2) is 9.26. The number of para-hydroxylation sites is 2. The first-order valence-electron chi connectivity index (χ1n) is 11.9. The van der Waals surface area contributed by atoms with Gasteiger partial charge in [0.1, 0.15) is 5.75 Å². The number of benzene rings is 2. The Morgan fingerprint density at radius 2 is 1.84 bits per heavy atom. The van der Waals surface area contributed by atoms with Gasteiger partial charge in [-0.3, -0.25) is 4.90 Å². The number of aromatic nitrogens is 1. The number of rotatable bonds is 4. The third-order valence-electron chi connectivity index (χ3n) is 7.45. The molecule has 166 valence electrons. The summed E-state index contributed by atoms with van der Waals surface area (Å²) in [6.07, 6.45) is 8.32. The molecule has 1 saturated carbocycles. The second-order valence-electron chi connectivity index (χ2n) is 9.17. The SMILES string of the molecule is COc1ccccc1N1CCCN(C2CCC(c3c[nH]c4ccc(C#N)cc34)CC2)CC1. The molecule has 3 aromatic rings. The molecule has 5 rings (SSSR count). The van der Waals surface area contributed by atoms with Crippen molar-refractivity contribution >= 4 is 16.6 Å². The average molecular weight is 429 g/mol. The van der Waals surface area contributed by atoms with E-state index in [2.05, 4.69) is 51.3 Å². The first-order chi connectivity index (χ1) is 15.8. The maximum atomic E-state index is 9.28. The Bertz CT molecular complexity index is 1110. The molecule has 1 aromatic heterocycles. The Morgan fingerprint density at radius 3 is 2.66 bits per heavy atom. The highest BCUT2D eigenvalue weighted by Gasteiger charge is 2.29. The average Bonchev–Trinajstić information content (AvgIpc) is 3.12. The lowest BCUT2D eigenvalue weighted by atomic mass is 9.81. The van der Waals surface area contributed by atoms with Gasteiger partial charge < -0.3 is 14.6 Å². The minimum Gasteiger partial charge on any atom is -0.495 e.